The Labute approximate surface area is 174 Å². The standard InChI is InChI=1S/C21H16F3N5O2/c1-12-19(29-9-3-2-4-18(29)26-12)16-10-13(20(30)31-25)11-17(28-16)27-15-7-5-14(6-8-15)21(22,23)24/h2-11H,25H2,1H3,(H,27,28). The van der Waals surface area contributed by atoms with Gasteiger partial charge in [-0.25, -0.2) is 14.8 Å². The first-order valence-electron chi connectivity index (χ1n) is 9.08. The Morgan fingerprint density at radius 1 is 1.10 bits per heavy atom. The van der Waals surface area contributed by atoms with E-state index in [1.165, 1.54) is 24.3 Å². The van der Waals surface area contributed by atoms with E-state index in [0.29, 0.717) is 28.4 Å². The highest BCUT2D eigenvalue weighted by atomic mass is 19.4. The van der Waals surface area contributed by atoms with Gasteiger partial charge >= 0.3 is 12.1 Å². The molecular weight excluding hydrogens is 411 g/mol. The molecule has 10 heteroatoms. The van der Waals surface area contributed by atoms with Crippen LogP contribution in [0.1, 0.15) is 21.6 Å². The Bertz CT molecular complexity index is 1270. The molecule has 0 spiro atoms. The van der Waals surface area contributed by atoms with Crippen molar-refractivity contribution in [3.05, 3.63) is 77.6 Å². The number of alkyl halides is 3. The summed E-state index contributed by atoms with van der Waals surface area (Å²) < 4.78 is 40.2. The van der Waals surface area contributed by atoms with Crippen LogP contribution in [0.15, 0.2) is 60.8 Å². The minimum atomic E-state index is -4.44. The van der Waals surface area contributed by atoms with Crippen molar-refractivity contribution in [3.63, 3.8) is 0 Å². The lowest BCUT2D eigenvalue weighted by Gasteiger charge is -2.12. The number of hydrogen-bond donors (Lipinski definition) is 2. The second kappa shape index (κ2) is 7.73. The number of carbonyl (C=O) groups is 1. The van der Waals surface area contributed by atoms with Gasteiger partial charge in [-0.3, -0.25) is 4.40 Å². The summed E-state index contributed by atoms with van der Waals surface area (Å²) in [5, 5.41) is 2.92. The van der Waals surface area contributed by atoms with Crippen LogP contribution in [-0.2, 0) is 11.0 Å². The van der Waals surface area contributed by atoms with Crippen LogP contribution in [-0.4, -0.2) is 20.3 Å². The summed E-state index contributed by atoms with van der Waals surface area (Å²) in [5.41, 5.74) is 2.14. The predicted octanol–water partition coefficient (Wildman–Crippen LogP) is 4.50. The molecule has 0 saturated heterocycles. The molecule has 0 unspecified atom stereocenters. The first-order chi connectivity index (χ1) is 14.8. The van der Waals surface area contributed by atoms with Gasteiger partial charge in [-0.15, -0.1) is 0 Å². The molecule has 3 N–H and O–H groups in total. The van der Waals surface area contributed by atoms with Crippen LogP contribution in [0.5, 0.6) is 0 Å². The Kier molecular flexibility index (Phi) is 5.07. The molecule has 0 atom stereocenters. The van der Waals surface area contributed by atoms with Crippen molar-refractivity contribution < 1.29 is 22.8 Å². The summed E-state index contributed by atoms with van der Waals surface area (Å²) in [7, 11) is 0. The van der Waals surface area contributed by atoms with Crippen molar-refractivity contribution in [2.45, 2.75) is 13.1 Å². The van der Waals surface area contributed by atoms with E-state index in [-0.39, 0.29) is 11.4 Å². The molecule has 0 radical (unpaired) electrons. The summed E-state index contributed by atoms with van der Waals surface area (Å²) in [6.07, 6.45) is -2.63. The monoisotopic (exact) mass is 427 g/mol. The average Bonchev–Trinajstić information content (AvgIpc) is 3.08. The van der Waals surface area contributed by atoms with E-state index in [1.807, 2.05) is 28.8 Å². The number of nitrogens with zero attached hydrogens (tertiary/aromatic N) is 3. The van der Waals surface area contributed by atoms with Gasteiger partial charge in [-0.1, -0.05) is 6.07 Å². The van der Waals surface area contributed by atoms with E-state index in [4.69, 9.17) is 5.90 Å². The fraction of sp³-hybridized carbons (Fsp3) is 0.0952. The number of fused-ring (bicyclic) bond motifs is 1. The highest BCUT2D eigenvalue weighted by molar-refractivity contribution is 5.91. The van der Waals surface area contributed by atoms with Crippen LogP contribution in [0, 0.1) is 6.92 Å². The summed E-state index contributed by atoms with van der Waals surface area (Å²) in [6.45, 7) is 1.81. The molecule has 0 aliphatic heterocycles. The van der Waals surface area contributed by atoms with Gasteiger partial charge in [0.15, 0.2) is 0 Å². The summed E-state index contributed by atoms with van der Waals surface area (Å²) in [4.78, 5) is 25.4. The summed E-state index contributed by atoms with van der Waals surface area (Å²) >= 11 is 0. The fourth-order valence-electron chi connectivity index (χ4n) is 3.21. The van der Waals surface area contributed by atoms with Crippen LogP contribution in [0.3, 0.4) is 0 Å². The molecule has 0 fully saturated rings. The number of aryl methyl sites for hydroxylation is 1. The highest BCUT2D eigenvalue weighted by Gasteiger charge is 2.30. The minimum absolute atomic E-state index is 0.118. The summed E-state index contributed by atoms with van der Waals surface area (Å²) in [5.74, 6) is 4.48. The third kappa shape index (κ3) is 4.05. The second-order valence-electron chi connectivity index (χ2n) is 6.71. The third-order valence-corrected chi connectivity index (χ3v) is 4.60. The minimum Gasteiger partial charge on any atom is -0.370 e. The molecule has 7 nitrogen and oxygen atoms in total. The number of hydrogen-bond acceptors (Lipinski definition) is 6. The van der Waals surface area contributed by atoms with Crippen molar-refractivity contribution >= 4 is 23.1 Å². The normalized spacial score (nSPS) is 11.5. The molecule has 3 aromatic heterocycles. The molecule has 0 saturated carbocycles. The van der Waals surface area contributed by atoms with E-state index in [9.17, 15) is 18.0 Å². The Morgan fingerprint density at radius 2 is 1.84 bits per heavy atom. The zero-order chi connectivity index (χ0) is 22.2. The van der Waals surface area contributed by atoms with Gasteiger partial charge in [0.25, 0.3) is 0 Å². The number of rotatable bonds is 4. The van der Waals surface area contributed by atoms with Gasteiger partial charge in [0.1, 0.15) is 11.5 Å². The molecular formula is C21H16F3N5O2. The van der Waals surface area contributed by atoms with Gasteiger partial charge in [0.2, 0.25) is 0 Å². The van der Waals surface area contributed by atoms with Crippen LogP contribution in [0.2, 0.25) is 0 Å². The number of nitrogens with one attached hydrogen (secondary N) is 1. The van der Waals surface area contributed by atoms with Crippen molar-refractivity contribution in [1.82, 2.24) is 14.4 Å². The second-order valence-corrected chi connectivity index (χ2v) is 6.71. The molecule has 0 amide bonds. The Morgan fingerprint density at radius 3 is 2.52 bits per heavy atom. The number of halogens is 3. The lowest BCUT2D eigenvalue weighted by Crippen LogP contribution is -2.11. The lowest BCUT2D eigenvalue weighted by atomic mass is 10.1. The highest BCUT2D eigenvalue weighted by Crippen LogP contribution is 2.31. The van der Waals surface area contributed by atoms with Crippen LogP contribution < -0.4 is 11.2 Å². The molecule has 0 bridgehead atoms. The van der Waals surface area contributed by atoms with Crippen molar-refractivity contribution in [2.24, 2.45) is 5.90 Å². The Balaban J connectivity index is 1.78. The number of carbonyl (C=O) groups excluding carboxylic acids is 1. The molecule has 0 aliphatic carbocycles. The first kappa shape index (κ1) is 20.4. The third-order valence-electron chi connectivity index (χ3n) is 4.60. The van der Waals surface area contributed by atoms with Crippen LogP contribution >= 0.6 is 0 Å². The number of nitrogens with two attached hydrogens (primary N) is 1. The molecule has 31 heavy (non-hydrogen) atoms. The van der Waals surface area contributed by atoms with Gasteiger partial charge in [0.05, 0.1) is 28.2 Å². The quantitative estimate of drug-likeness (QED) is 0.466. The Hall–Kier alpha value is -3.92. The largest absolute Gasteiger partial charge is 0.416 e. The number of pyridine rings is 2. The smallest absolute Gasteiger partial charge is 0.370 e. The fourth-order valence-corrected chi connectivity index (χ4v) is 3.21. The van der Waals surface area contributed by atoms with E-state index in [1.54, 1.807) is 6.92 Å². The van der Waals surface area contributed by atoms with Crippen molar-refractivity contribution in [1.29, 1.82) is 0 Å². The van der Waals surface area contributed by atoms with Gasteiger partial charge in [-0.05, 0) is 55.5 Å². The molecule has 158 valence electrons. The average molecular weight is 427 g/mol. The maximum atomic E-state index is 12.8. The zero-order valence-corrected chi connectivity index (χ0v) is 16.1. The predicted molar refractivity (Wildman–Crippen MR) is 107 cm³/mol. The molecule has 3 heterocycles. The maximum Gasteiger partial charge on any atom is 0.416 e. The molecule has 1 aromatic carbocycles. The van der Waals surface area contributed by atoms with E-state index < -0.39 is 17.7 Å². The number of aromatic nitrogens is 3. The lowest BCUT2D eigenvalue weighted by molar-refractivity contribution is -0.137. The van der Waals surface area contributed by atoms with Gasteiger partial charge in [-0.2, -0.15) is 19.1 Å². The zero-order valence-electron chi connectivity index (χ0n) is 16.1. The SMILES string of the molecule is Cc1nc2ccccn2c1-c1cc(C(=O)ON)cc(Nc2ccc(C(F)(F)F)cc2)n1. The van der Waals surface area contributed by atoms with Crippen LogP contribution in [0.25, 0.3) is 17.0 Å². The molecule has 4 rings (SSSR count). The number of anilines is 2. The van der Waals surface area contributed by atoms with Gasteiger partial charge in [0, 0.05) is 11.9 Å². The topological polar surface area (TPSA) is 94.5 Å². The van der Waals surface area contributed by atoms with Crippen molar-refractivity contribution in [3.8, 4) is 11.4 Å². The van der Waals surface area contributed by atoms with Crippen molar-refractivity contribution in [2.75, 3.05) is 5.32 Å². The first-order valence-corrected chi connectivity index (χ1v) is 9.08. The molecule has 4 aromatic rings. The maximum absolute atomic E-state index is 12.8. The van der Waals surface area contributed by atoms with E-state index in [2.05, 4.69) is 20.1 Å². The number of imidazole rings is 1. The van der Waals surface area contributed by atoms with E-state index >= 15 is 0 Å². The number of benzene rings is 1. The van der Waals surface area contributed by atoms with E-state index in [0.717, 1.165) is 12.1 Å². The molecule has 0 aliphatic rings. The van der Waals surface area contributed by atoms with Crippen LogP contribution in [0.4, 0.5) is 24.7 Å². The van der Waals surface area contributed by atoms with Gasteiger partial charge < -0.3 is 10.2 Å². The summed E-state index contributed by atoms with van der Waals surface area (Å²) in [6, 6.07) is 12.9.